The van der Waals surface area contributed by atoms with Crippen molar-refractivity contribution in [1.29, 1.82) is 0 Å². The number of fused-ring (bicyclic) bond motifs is 3. The van der Waals surface area contributed by atoms with E-state index in [0.29, 0.717) is 6.04 Å². The van der Waals surface area contributed by atoms with Gasteiger partial charge in [0.1, 0.15) is 4.70 Å². The van der Waals surface area contributed by atoms with Gasteiger partial charge in [0.25, 0.3) is 5.56 Å². The van der Waals surface area contributed by atoms with E-state index in [1.165, 1.54) is 16.9 Å². The van der Waals surface area contributed by atoms with Crippen LogP contribution in [0.4, 0.5) is 0 Å². The fourth-order valence-corrected chi connectivity index (χ4v) is 4.26. The highest BCUT2D eigenvalue weighted by Crippen LogP contribution is 2.36. The van der Waals surface area contributed by atoms with Crippen LogP contribution in [0.15, 0.2) is 52.6 Å². The Balaban J connectivity index is 1.92. The summed E-state index contributed by atoms with van der Waals surface area (Å²) in [7, 11) is 0. The van der Waals surface area contributed by atoms with Gasteiger partial charge in [-0.3, -0.25) is 4.79 Å². The molecule has 0 saturated carbocycles. The summed E-state index contributed by atoms with van der Waals surface area (Å²) in [5.74, 6) is 0. The lowest BCUT2D eigenvalue weighted by Gasteiger charge is -2.14. The molecule has 0 amide bonds. The van der Waals surface area contributed by atoms with E-state index in [2.05, 4.69) is 48.4 Å². The van der Waals surface area contributed by atoms with Crippen molar-refractivity contribution >= 4 is 32.3 Å². The Bertz CT molecular complexity index is 1160. The first kappa shape index (κ1) is 17.9. The second-order valence-electron chi connectivity index (χ2n) is 7.03. The topological polar surface area (TPSA) is 65.1 Å². The molecule has 0 aliphatic carbocycles. The lowest BCUT2D eigenvalue weighted by molar-refractivity contribution is 0.282. The molecule has 0 saturated heterocycles. The van der Waals surface area contributed by atoms with E-state index in [0.717, 1.165) is 44.2 Å². The van der Waals surface area contributed by atoms with E-state index in [1.807, 2.05) is 23.6 Å². The van der Waals surface area contributed by atoms with Crippen LogP contribution < -0.4 is 10.9 Å². The summed E-state index contributed by atoms with van der Waals surface area (Å²) in [5.41, 5.74) is 4.83. The van der Waals surface area contributed by atoms with Crippen molar-refractivity contribution in [2.24, 2.45) is 0 Å². The zero-order valence-corrected chi connectivity index (χ0v) is 16.2. The van der Waals surface area contributed by atoms with E-state index >= 15 is 0 Å². The van der Waals surface area contributed by atoms with Gasteiger partial charge in [0.05, 0.1) is 6.61 Å². The number of aliphatic hydroxyl groups is 1. The number of aliphatic hydroxyl groups excluding tert-OH is 1. The highest BCUT2D eigenvalue weighted by molar-refractivity contribution is 7.17. The molecule has 2 aromatic heterocycles. The van der Waals surface area contributed by atoms with Crippen LogP contribution in [0.2, 0.25) is 0 Å². The Labute approximate surface area is 161 Å². The van der Waals surface area contributed by atoms with E-state index in [9.17, 15) is 9.90 Å². The van der Waals surface area contributed by atoms with Crippen molar-refractivity contribution in [3.05, 3.63) is 69.3 Å². The van der Waals surface area contributed by atoms with Crippen LogP contribution in [-0.4, -0.2) is 16.1 Å². The van der Waals surface area contributed by atoms with Crippen LogP contribution in [0.25, 0.3) is 32.1 Å². The van der Waals surface area contributed by atoms with Crippen LogP contribution in [0.1, 0.15) is 25.0 Å². The number of nitrogens with one attached hydrogen (secondary N) is 2. The predicted molar refractivity (Wildman–Crippen MR) is 113 cm³/mol. The molecule has 0 bridgehead atoms. The first-order chi connectivity index (χ1) is 13.1. The quantitative estimate of drug-likeness (QED) is 0.482. The normalized spacial score (nSPS) is 11.7. The average Bonchev–Trinajstić information content (AvgIpc) is 3.16. The smallest absolute Gasteiger partial charge is 0.266 e. The second-order valence-corrected chi connectivity index (χ2v) is 7.95. The molecule has 4 aromatic rings. The van der Waals surface area contributed by atoms with E-state index in [-0.39, 0.29) is 12.2 Å². The van der Waals surface area contributed by atoms with Gasteiger partial charge in [-0.25, -0.2) is 0 Å². The van der Waals surface area contributed by atoms with Crippen LogP contribution in [0.3, 0.4) is 0 Å². The molecule has 3 N–H and O–H groups in total. The summed E-state index contributed by atoms with van der Waals surface area (Å²) in [6.07, 6.45) is 0. The molecule has 2 heterocycles. The van der Waals surface area contributed by atoms with Crippen LogP contribution >= 0.6 is 11.3 Å². The number of benzene rings is 2. The molecule has 4 rings (SSSR count). The third-order valence-electron chi connectivity index (χ3n) is 4.81. The fourth-order valence-electron chi connectivity index (χ4n) is 3.46. The van der Waals surface area contributed by atoms with Gasteiger partial charge in [-0.2, -0.15) is 0 Å². The minimum atomic E-state index is -0.0645. The molecule has 0 aliphatic heterocycles. The van der Waals surface area contributed by atoms with Gasteiger partial charge in [0.2, 0.25) is 0 Å². The zero-order chi connectivity index (χ0) is 19.0. The number of aromatic nitrogens is 1. The molecule has 0 atom stereocenters. The highest BCUT2D eigenvalue weighted by Gasteiger charge is 2.15. The molecule has 0 radical (unpaired) electrons. The fraction of sp³-hybridized carbons (Fsp3) is 0.227. The van der Waals surface area contributed by atoms with Gasteiger partial charge in [-0.05, 0) is 39.8 Å². The van der Waals surface area contributed by atoms with Crippen LogP contribution in [0, 0.1) is 0 Å². The largest absolute Gasteiger partial charge is 0.392 e. The molecule has 27 heavy (non-hydrogen) atoms. The zero-order valence-electron chi connectivity index (χ0n) is 15.4. The molecule has 4 nitrogen and oxygen atoms in total. The molecule has 5 heteroatoms. The Morgan fingerprint density at radius 2 is 1.89 bits per heavy atom. The van der Waals surface area contributed by atoms with Gasteiger partial charge in [0, 0.05) is 28.9 Å². The third-order valence-corrected chi connectivity index (χ3v) is 5.72. The lowest BCUT2D eigenvalue weighted by atomic mass is 9.93. The molecule has 138 valence electrons. The summed E-state index contributed by atoms with van der Waals surface area (Å²) >= 11 is 1.44. The summed E-state index contributed by atoms with van der Waals surface area (Å²) < 4.78 is 0.719. The molecular formula is C22H22N2O2S. The standard InChI is InChI=1S/C22H22N2O2S/c1-13(2)23-11-14-3-5-15(6-4-14)19-16(12-25)7-8-18-20(19)17-9-10-27-21(17)22(26)24-18/h3-10,13,23,25H,11-12H2,1-2H3,(H,24,26). The first-order valence-electron chi connectivity index (χ1n) is 9.07. The average molecular weight is 378 g/mol. The Morgan fingerprint density at radius 1 is 1.11 bits per heavy atom. The van der Waals surface area contributed by atoms with Gasteiger partial charge >= 0.3 is 0 Å². The first-order valence-corrected chi connectivity index (χ1v) is 9.95. The molecule has 0 unspecified atom stereocenters. The van der Waals surface area contributed by atoms with Crippen LogP contribution in [-0.2, 0) is 13.2 Å². The number of aromatic amines is 1. The van der Waals surface area contributed by atoms with Crippen molar-refractivity contribution in [2.75, 3.05) is 0 Å². The lowest BCUT2D eigenvalue weighted by Crippen LogP contribution is -2.21. The molecule has 0 aliphatic rings. The van der Waals surface area contributed by atoms with E-state index in [1.54, 1.807) is 0 Å². The summed E-state index contributed by atoms with van der Waals surface area (Å²) in [4.78, 5) is 15.3. The van der Waals surface area contributed by atoms with Gasteiger partial charge < -0.3 is 15.4 Å². The second kappa shape index (κ2) is 7.27. The molecule has 2 aromatic carbocycles. The predicted octanol–water partition coefficient (Wildman–Crippen LogP) is 4.40. The van der Waals surface area contributed by atoms with E-state index < -0.39 is 0 Å². The minimum absolute atomic E-state index is 0.0489. The molecular weight excluding hydrogens is 356 g/mol. The maximum absolute atomic E-state index is 12.3. The minimum Gasteiger partial charge on any atom is -0.392 e. The molecule has 0 spiro atoms. The van der Waals surface area contributed by atoms with Crippen LogP contribution in [0.5, 0.6) is 0 Å². The number of rotatable bonds is 5. The maximum Gasteiger partial charge on any atom is 0.266 e. The van der Waals surface area contributed by atoms with Gasteiger partial charge in [0.15, 0.2) is 0 Å². The third kappa shape index (κ3) is 3.30. The number of thiophene rings is 1. The number of H-pyrrole nitrogens is 1. The SMILES string of the molecule is CC(C)NCc1ccc(-c2c(CO)ccc3[nH]c(=O)c4sccc4c23)cc1. The number of hydrogen-bond acceptors (Lipinski definition) is 4. The maximum atomic E-state index is 12.3. The molecule has 0 fully saturated rings. The Morgan fingerprint density at radius 3 is 2.59 bits per heavy atom. The monoisotopic (exact) mass is 378 g/mol. The summed E-state index contributed by atoms with van der Waals surface area (Å²) in [5, 5.41) is 17.2. The van der Waals surface area contributed by atoms with Crippen molar-refractivity contribution in [3.63, 3.8) is 0 Å². The summed E-state index contributed by atoms with van der Waals surface area (Å²) in [6, 6.07) is 14.6. The van der Waals surface area contributed by atoms with Crippen molar-refractivity contribution in [3.8, 4) is 11.1 Å². The Hall–Kier alpha value is -2.47. The number of pyridine rings is 1. The van der Waals surface area contributed by atoms with Gasteiger partial charge in [-0.15, -0.1) is 11.3 Å². The van der Waals surface area contributed by atoms with Crippen molar-refractivity contribution in [2.45, 2.75) is 33.0 Å². The highest BCUT2D eigenvalue weighted by atomic mass is 32.1. The number of hydrogen-bond donors (Lipinski definition) is 3. The van der Waals surface area contributed by atoms with E-state index in [4.69, 9.17) is 0 Å². The van der Waals surface area contributed by atoms with Gasteiger partial charge in [-0.1, -0.05) is 44.2 Å². The summed E-state index contributed by atoms with van der Waals surface area (Å²) in [6.45, 7) is 5.03. The Kier molecular flexibility index (Phi) is 4.83. The van der Waals surface area contributed by atoms with Crippen molar-refractivity contribution < 1.29 is 5.11 Å². The van der Waals surface area contributed by atoms with Crippen molar-refractivity contribution in [1.82, 2.24) is 10.3 Å².